The highest BCUT2D eigenvalue weighted by atomic mass is 16.2. The molecule has 2 aliphatic rings. The minimum absolute atomic E-state index is 0.268. The van der Waals surface area contributed by atoms with Crippen molar-refractivity contribution >= 4 is 17.1 Å². The number of carbonyl (C=O) groups excluding carboxylic acids is 1. The van der Waals surface area contributed by atoms with Gasteiger partial charge in [-0.15, -0.1) is 0 Å². The van der Waals surface area contributed by atoms with E-state index in [4.69, 9.17) is 0 Å². The Morgan fingerprint density at radius 1 is 1.23 bits per heavy atom. The molecule has 1 atom stereocenters. The van der Waals surface area contributed by atoms with E-state index in [1.807, 2.05) is 12.1 Å². The van der Waals surface area contributed by atoms with Crippen LogP contribution in [0.15, 0.2) is 18.3 Å². The lowest BCUT2D eigenvalue weighted by Gasteiger charge is -2.26. The first kappa shape index (κ1) is 13.7. The van der Waals surface area contributed by atoms with E-state index in [9.17, 15) is 4.79 Å². The third kappa shape index (κ3) is 2.49. The van der Waals surface area contributed by atoms with Crippen molar-refractivity contribution in [2.75, 3.05) is 13.1 Å². The minimum Gasteiger partial charge on any atom is -0.342 e. The number of aromatic nitrogens is 3. The molecular weight excluding hydrogens is 276 g/mol. The van der Waals surface area contributed by atoms with E-state index in [2.05, 4.69) is 19.9 Å². The zero-order chi connectivity index (χ0) is 14.9. The topological polar surface area (TPSA) is 61.9 Å². The summed E-state index contributed by atoms with van der Waals surface area (Å²) in [5.41, 5.74) is 1.75. The first-order valence-corrected chi connectivity index (χ1v) is 8.40. The highest BCUT2D eigenvalue weighted by Gasteiger charge is 2.33. The minimum atomic E-state index is 0.268. The van der Waals surface area contributed by atoms with Gasteiger partial charge in [0.05, 0.1) is 5.52 Å². The fourth-order valence-corrected chi connectivity index (χ4v) is 3.85. The maximum absolute atomic E-state index is 12.6. The Bertz CT molecular complexity index is 641. The van der Waals surface area contributed by atoms with Gasteiger partial charge in [0.2, 0.25) is 5.91 Å². The molecule has 2 fully saturated rings. The van der Waals surface area contributed by atoms with Crippen LogP contribution in [-0.2, 0) is 4.79 Å². The van der Waals surface area contributed by atoms with Crippen molar-refractivity contribution in [1.82, 2.24) is 19.9 Å². The maximum atomic E-state index is 12.6. The van der Waals surface area contributed by atoms with Crippen LogP contribution in [0.3, 0.4) is 0 Å². The van der Waals surface area contributed by atoms with Gasteiger partial charge in [0.15, 0.2) is 5.65 Å². The molecule has 5 nitrogen and oxygen atoms in total. The molecule has 5 heteroatoms. The summed E-state index contributed by atoms with van der Waals surface area (Å²) >= 11 is 0. The number of aromatic amines is 1. The second-order valence-corrected chi connectivity index (χ2v) is 6.60. The molecule has 2 aromatic rings. The van der Waals surface area contributed by atoms with Crippen LogP contribution < -0.4 is 0 Å². The Kier molecular flexibility index (Phi) is 3.56. The fraction of sp³-hybridized carbons (Fsp3) is 0.588. The predicted molar refractivity (Wildman–Crippen MR) is 84.4 cm³/mol. The number of nitrogens with one attached hydrogen (secondary N) is 1. The van der Waals surface area contributed by atoms with Crippen molar-refractivity contribution in [3.63, 3.8) is 0 Å². The third-order valence-corrected chi connectivity index (χ3v) is 5.12. The first-order valence-electron chi connectivity index (χ1n) is 8.40. The van der Waals surface area contributed by atoms with Crippen LogP contribution in [0.4, 0.5) is 0 Å². The van der Waals surface area contributed by atoms with E-state index < -0.39 is 0 Å². The summed E-state index contributed by atoms with van der Waals surface area (Å²) in [7, 11) is 0. The lowest BCUT2D eigenvalue weighted by atomic mass is 9.88. The van der Waals surface area contributed by atoms with Crippen molar-refractivity contribution in [3.05, 3.63) is 24.2 Å². The van der Waals surface area contributed by atoms with Gasteiger partial charge < -0.3 is 9.88 Å². The van der Waals surface area contributed by atoms with Gasteiger partial charge in [-0.05, 0) is 31.4 Å². The molecule has 3 heterocycles. The van der Waals surface area contributed by atoms with Crippen molar-refractivity contribution in [2.45, 2.75) is 44.4 Å². The Morgan fingerprint density at radius 2 is 2.09 bits per heavy atom. The number of H-pyrrole nitrogens is 1. The molecule has 0 bridgehead atoms. The summed E-state index contributed by atoms with van der Waals surface area (Å²) in [6.07, 6.45) is 8.63. The summed E-state index contributed by atoms with van der Waals surface area (Å²) in [5.74, 6) is 1.94. The van der Waals surface area contributed by atoms with Crippen LogP contribution in [0, 0.1) is 5.92 Å². The number of nitrogens with zero attached hydrogens (tertiary/aromatic N) is 3. The third-order valence-electron chi connectivity index (χ3n) is 5.12. The number of hydrogen-bond acceptors (Lipinski definition) is 3. The van der Waals surface area contributed by atoms with Gasteiger partial charge in [-0.25, -0.2) is 9.97 Å². The largest absolute Gasteiger partial charge is 0.342 e. The average molecular weight is 298 g/mol. The molecule has 116 valence electrons. The number of amides is 1. The summed E-state index contributed by atoms with van der Waals surface area (Å²) in [4.78, 5) is 26.9. The Balaban J connectivity index is 1.46. The predicted octanol–water partition coefficient (Wildman–Crippen LogP) is 2.85. The molecule has 1 saturated heterocycles. The molecule has 1 amide bonds. The molecule has 1 aliphatic carbocycles. The number of hydrogen-bond donors (Lipinski definition) is 1. The Labute approximate surface area is 130 Å². The van der Waals surface area contributed by atoms with Crippen molar-refractivity contribution in [3.8, 4) is 0 Å². The number of imidazole rings is 1. The first-order chi connectivity index (χ1) is 10.8. The van der Waals surface area contributed by atoms with Gasteiger partial charge >= 0.3 is 0 Å². The highest BCUT2D eigenvalue weighted by molar-refractivity contribution is 5.79. The molecule has 0 spiro atoms. The van der Waals surface area contributed by atoms with Gasteiger partial charge in [0, 0.05) is 31.1 Å². The van der Waals surface area contributed by atoms with Gasteiger partial charge in [0.1, 0.15) is 5.82 Å². The standard InChI is InChI=1S/C17H22N4O/c22-17(12-5-2-1-3-6-12)21-10-8-13(11-21)15-19-14-7-4-9-18-16(14)20-15/h4,7,9,12-13H,1-3,5-6,8,10-11H2,(H,18,19,20)/t13-/m0/s1. The van der Waals surface area contributed by atoms with Gasteiger partial charge in [-0.2, -0.15) is 0 Å². The molecule has 1 aliphatic heterocycles. The molecule has 2 aromatic heterocycles. The zero-order valence-electron chi connectivity index (χ0n) is 12.8. The smallest absolute Gasteiger partial charge is 0.225 e. The van der Waals surface area contributed by atoms with Crippen molar-refractivity contribution in [1.29, 1.82) is 0 Å². The lowest BCUT2D eigenvalue weighted by molar-refractivity contribution is -0.135. The molecular formula is C17H22N4O. The normalized spacial score (nSPS) is 23.3. The molecule has 22 heavy (non-hydrogen) atoms. The van der Waals surface area contributed by atoms with Crippen LogP contribution >= 0.6 is 0 Å². The van der Waals surface area contributed by atoms with Crippen LogP contribution in [0.1, 0.15) is 50.3 Å². The number of fused-ring (bicyclic) bond motifs is 1. The molecule has 4 rings (SSSR count). The van der Waals surface area contributed by atoms with E-state index in [0.29, 0.717) is 11.8 Å². The molecule has 0 aromatic carbocycles. The van der Waals surface area contributed by atoms with Crippen molar-refractivity contribution < 1.29 is 4.79 Å². The summed E-state index contributed by atoms with van der Waals surface area (Å²) < 4.78 is 0. The average Bonchev–Trinajstić information content (AvgIpc) is 3.21. The monoisotopic (exact) mass is 298 g/mol. The van der Waals surface area contributed by atoms with Crippen LogP contribution in [0.5, 0.6) is 0 Å². The lowest BCUT2D eigenvalue weighted by Crippen LogP contribution is -2.35. The summed E-state index contributed by atoms with van der Waals surface area (Å²) in [5, 5.41) is 0. The second kappa shape index (κ2) is 5.71. The van der Waals surface area contributed by atoms with E-state index in [1.165, 1.54) is 19.3 Å². The summed E-state index contributed by atoms with van der Waals surface area (Å²) in [6, 6.07) is 3.91. The molecule has 1 N–H and O–H groups in total. The SMILES string of the molecule is O=C(C1CCCCC1)N1CC[C@H](c2nc3ncccc3[nH]2)C1. The Hall–Kier alpha value is -1.91. The Morgan fingerprint density at radius 3 is 2.91 bits per heavy atom. The molecule has 1 saturated carbocycles. The number of carbonyl (C=O) groups is 1. The number of rotatable bonds is 2. The number of likely N-dealkylation sites (tertiary alicyclic amines) is 1. The highest BCUT2D eigenvalue weighted by Crippen LogP contribution is 2.31. The van der Waals surface area contributed by atoms with E-state index in [-0.39, 0.29) is 5.92 Å². The van der Waals surface area contributed by atoms with Gasteiger partial charge in [0.25, 0.3) is 0 Å². The van der Waals surface area contributed by atoms with Gasteiger partial charge in [-0.1, -0.05) is 19.3 Å². The number of pyridine rings is 1. The van der Waals surface area contributed by atoms with Gasteiger partial charge in [-0.3, -0.25) is 4.79 Å². The maximum Gasteiger partial charge on any atom is 0.225 e. The van der Waals surface area contributed by atoms with Crippen LogP contribution in [0.25, 0.3) is 11.2 Å². The second-order valence-electron chi connectivity index (χ2n) is 6.60. The van der Waals surface area contributed by atoms with Crippen LogP contribution in [-0.4, -0.2) is 38.8 Å². The molecule has 0 unspecified atom stereocenters. The van der Waals surface area contributed by atoms with E-state index in [1.54, 1.807) is 6.20 Å². The van der Waals surface area contributed by atoms with E-state index >= 15 is 0 Å². The quantitative estimate of drug-likeness (QED) is 0.927. The van der Waals surface area contributed by atoms with E-state index in [0.717, 1.165) is 49.3 Å². The summed E-state index contributed by atoms with van der Waals surface area (Å²) in [6.45, 7) is 1.67. The fourth-order valence-electron chi connectivity index (χ4n) is 3.85. The molecule has 0 radical (unpaired) electrons. The van der Waals surface area contributed by atoms with Crippen LogP contribution in [0.2, 0.25) is 0 Å². The zero-order valence-corrected chi connectivity index (χ0v) is 12.8. The van der Waals surface area contributed by atoms with Crippen molar-refractivity contribution in [2.24, 2.45) is 5.92 Å².